The second-order valence-corrected chi connectivity index (χ2v) is 7.30. The van der Waals surface area contributed by atoms with Crippen molar-refractivity contribution in [3.63, 3.8) is 0 Å². The Morgan fingerprint density at radius 1 is 1.00 bits per heavy atom. The van der Waals surface area contributed by atoms with Crippen molar-refractivity contribution in [2.24, 2.45) is 11.7 Å². The standard InChI is InChI=1S/C19H30N2.2ClH/c1-16-9-13-21(14-10-16)18-7-11-19(15-20,12-8-18)17-5-3-2-4-6-17;;/h2-6,16,18H,7-15,20H2,1H3;2*1H/t18-,19+;;. The lowest BCUT2D eigenvalue weighted by molar-refractivity contribution is 0.0908. The van der Waals surface area contributed by atoms with Gasteiger partial charge in [0.15, 0.2) is 0 Å². The average molecular weight is 359 g/mol. The van der Waals surface area contributed by atoms with Crippen LogP contribution < -0.4 is 5.73 Å². The monoisotopic (exact) mass is 358 g/mol. The van der Waals surface area contributed by atoms with Crippen molar-refractivity contribution < 1.29 is 0 Å². The maximum Gasteiger partial charge on any atom is 0.00959 e. The highest BCUT2D eigenvalue weighted by Crippen LogP contribution is 2.40. The molecule has 1 heterocycles. The van der Waals surface area contributed by atoms with E-state index < -0.39 is 0 Å². The van der Waals surface area contributed by atoms with Gasteiger partial charge in [0.2, 0.25) is 0 Å². The Morgan fingerprint density at radius 2 is 1.57 bits per heavy atom. The third-order valence-corrected chi connectivity index (χ3v) is 6.02. The van der Waals surface area contributed by atoms with Crippen LogP contribution in [0.2, 0.25) is 0 Å². The van der Waals surface area contributed by atoms with Crippen molar-refractivity contribution in [1.29, 1.82) is 0 Å². The minimum Gasteiger partial charge on any atom is -0.330 e. The second kappa shape index (κ2) is 9.27. The predicted octanol–water partition coefficient (Wildman–Crippen LogP) is 4.40. The Morgan fingerprint density at radius 3 is 2.09 bits per heavy atom. The summed E-state index contributed by atoms with van der Waals surface area (Å²) in [4.78, 5) is 2.76. The molecule has 0 unspecified atom stereocenters. The van der Waals surface area contributed by atoms with Gasteiger partial charge in [0.1, 0.15) is 0 Å². The maximum absolute atomic E-state index is 6.20. The van der Waals surface area contributed by atoms with Crippen molar-refractivity contribution in [3.05, 3.63) is 35.9 Å². The van der Waals surface area contributed by atoms with Gasteiger partial charge in [0.05, 0.1) is 0 Å². The van der Waals surface area contributed by atoms with E-state index in [1.807, 2.05) is 0 Å². The lowest BCUT2D eigenvalue weighted by Gasteiger charge is -2.45. The van der Waals surface area contributed by atoms with Crippen LogP contribution in [0.4, 0.5) is 0 Å². The van der Waals surface area contributed by atoms with Crippen LogP contribution in [0.5, 0.6) is 0 Å². The summed E-state index contributed by atoms with van der Waals surface area (Å²) < 4.78 is 0. The minimum absolute atomic E-state index is 0. The van der Waals surface area contributed by atoms with E-state index in [2.05, 4.69) is 42.2 Å². The molecule has 0 radical (unpaired) electrons. The van der Waals surface area contributed by atoms with E-state index in [0.717, 1.165) is 18.5 Å². The van der Waals surface area contributed by atoms with Crippen molar-refractivity contribution >= 4 is 24.8 Å². The van der Waals surface area contributed by atoms with Crippen LogP contribution in [-0.2, 0) is 5.41 Å². The van der Waals surface area contributed by atoms with Gasteiger partial charge in [-0.25, -0.2) is 0 Å². The number of nitrogens with two attached hydrogens (primary N) is 1. The topological polar surface area (TPSA) is 29.3 Å². The number of hydrogen-bond acceptors (Lipinski definition) is 2. The smallest absolute Gasteiger partial charge is 0.00959 e. The van der Waals surface area contributed by atoms with Crippen molar-refractivity contribution in [2.45, 2.75) is 56.9 Å². The largest absolute Gasteiger partial charge is 0.330 e. The Labute approximate surface area is 154 Å². The number of rotatable bonds is 3. The van der Waals surface area contributed by atoms with Gasteiger partial charge in [-0.1, -0.05) is 37.3 Å². The molecule has 23 heavy (non-hydrogen) atoms. The van der Waals surface area contributed by atoms with Crippen LogP contribution in [0.1, 0.15) is 51.0 Å². The van der Waals surface area contributed by atoms with E-state index in [-0.39, 0.29) is 30.2 Å². The van der Waals surface area contributed by atoms with Gasteiger partial charge in [-0.3, -0.25) is 0 Å². The highest BCUT2D eigenvalue weighted by Gasteiger charge is 2.37. The fourth-order valence-electron chi connectivity index (χ4n) is 4.32. The van der Waals surface area contributed by atoms with E-state index in [4.69, 9.17) is 5.73 Å². The molecule has 1 aromatic carbocycles. The molecule has 1 aliphatic carbocycles. The van der Waals surface area contributed by atoms with Crippen LogP contribution in [0, 0.1) is 5.92 Å². The molecular formula is C19H32Cl2N2. The van der Waals surface area contributed by atoms with Crippen LogP contribution in [0.15, 0.2) is 30.3 Å². The number of piperidine rings is 1. The van der Waals surface area contributed by atoms with Crippen LogP contribution in [-0.4, -0.2) is 30.6 Å². The molecule has 3 rings (SSSR count). The lowest BCUT2D eigenvalue weighted by Crippen LogP contribution is -2.47. The number of hydrogen-bond donors (Lipinski definition) is 1. The molecule has 2 N–H and O–H groups in total. The molecule has 1 saturated heterocycles. The van der Waals surface area contributed by atoms with Crippen LogP contribution >= 0.6 is 24.8 Å². The van der Waals surface area contributed by atoms with Gasteiger partial charge >= 0.3 is 0 Å². The second-order valence-electron chi connectivity index (χ2n) is 7.30. The molecule has 4 heteroatoms. The van der Waals surface area contributed by atoms with E-state index in [1.165, 1.54) is 57.2 Å². The highest BCUT2D eigenvalue weighted by atomic mass is 35.5. The maximum atomic E-state index is 6.20. The molecular weight excluding hydrogens is 327 g/mol. The summed E-state index contributed by atoms with van der Waals surface area (Å²) in [5, 5.41) is 0. The lowest BCUT2D eigenvalue weighted by atomic mass is 9.68. The SMILES string of the molecule is CC1CCN([C@H]2CC[C@@](CN)(c3ccccc3)CC2)CC1.Cl.Cl. The number of halogens is 2. The molecule has 1 aliphatic heterocycles. The zero-order chi connectivity index (χ0) is 14.7. The molecule has 1 aromatic rings. The van der Waals surface area contributed by atoms with Crippen molar-refractivity contribution in [2.75, 3.05) is 19.6 Å². The van der Waals surface area contributed by atoms with Gasteiger partial charge in [0.25, 0.3) is 0 Å². The summed E-state index contributed by atoms with van der Waals surface area (Å²) >= 11 is 0. The molecule has 132 valence electrons. The molecule has 1 saturated carbocycles. The zero-order valence-corrected chi connectivity index (χ0v) is 15.9. The number of benzene rings is 1. The van der Waals surface area contributed by atoms with Gasteiger partial charge in [0, 0.05) is 18.0 Å². The Balaban J connectivity index is 0.00000132. The van der Waals surface area contributed by atoms with Crippen LogP contribution in [0.25, 0.3) is 0 Å². The Bertz CT molecular complexity index is 436. The first-order chi connectivity index (χ1) is 10.2. The molecule has 0 aromatic heterocycles. The fraction of sp³-hybridized carbons (Fsp3) is 0.684. The van der Waals surface area contributed by atoms with Crippen molar-refractivity contribution in [1.82, 2.24) is 4.90 Å². The highest BCUT2D eigenvalue weighted by molar-refractivity contribution is 5.85. The van der Waals surface area contributed by atoms with Crippen LogP contribution in [0.3, 0.4) is 0 Å². The minimum atomic E-state index is 0. The van der Waals surface area contributed by atoms with E-state index in [9.17, 15) is 0 Å². The molecule has 2 nitrogen and oxygen atoms in total. The van der Waals surface area contributed by atoms with Gasteiger partial charge in [-0.2, -0.15) is 0 Å². The molecule has 0 bridgehead atoms. The zero-order valence-electron chi connectivity index (χ0n) is 14.2. The van der Waals surface area contributed by atoms with Crippen molar-refractivity contribution in [3.8, 4) is 0 Å². The molecule has 0 amide bonds. The summed E-state index contributed by atoms with van der Waals surface area (Å²) in [6.07, 6.45) is 7.92. The van der Waals surface area contributed by atoms with Gasteiger partial charge in [-0.15, -0.1) is 24.8 Å². The quantitative estimate of drug-likeness (QED) is 0.867. The summed E-state index contributed by atoms with van der Waals surface area (Å²) in [7, 11) is 0. The first-order valence-electron chi connectivity index (χ1n) is 8.73. The third kappa shape index (κ3) is 4.63. The number of likely N-dealkylation sites (tertiary alicyclic amines) is 1. The predicted molar refractivity (Wildman–Crippen MR) is 104 cm³/mol. The first-order valence-corrected chi connectivity index (χ1v) is 8.73. The number of nitrogens with zero attached hydrogens (tertiary/aromatic N) is 1. The molecule has 0 atom stereocenters. The van der Waals surface area contributed by atoms with Gasteiger partial charge in [-0.05, 0) is 63.1 Å². The van der Waals surface area contributed by atoms with E-state index in [1.54, 1.807) is 0 Å². The molecule has 0 spiro atoms. The summed E-state index contributed by atoms with van der Waals surface area (Å²) in [5.74, 6) is 0.928. The third-order valence-electron chi connectivity index (χ3n) is 6.02. The summed E-state index contributed by atoms with van der Waals surface area (Å²) in [6, 6.07) is 11.8. The Kier molecular flexibility index (Phi) is 8.37. The molecule has 2 fully saturated rings. The van der Waals surface area contributed by atoms with Gasteiger partial charge < -0.3 is 10.6 Å². The van der Waals surface area contributed by atoms with E-state index >= 15 is 0 Å². The molecule has 2 aliphatic rings. The Hall–Kier alpha value is -0.280. The fourth-order valence-corrected chi connectivity index (χ4v) is 4.32. The average Bonchev–Trinajstić information content (AvgIpc) is 2.56. The summed E-state index contributed by atoms with van der Waals surface area (Å²) in [5.41, 5.74) is 7.89. The normalized spacial score (nSPS) is 29.4. The van der Waals surface area contributed by atoms with E-state index in [0.29, 0.717) is 0 Å². The summed E-state index contributed by atoms with van der Waals surface area (Å²) in [6.45, 7) is 5.81. The first kappa shape index (κ1) is 20.8.